The summed E-state index contributed by atoms with van der Waals surface area (Å²) in [7, 11) is 1.44. The summed E-state index contributed by atoms with van der Waals surface area (Å²) in [5.41, 5.74) is 0.392. The van der Waals surface area contributed by atoms with Gasteiger partial charge in [0.2, 0.25) is 0 Å². The molecule has 0 unspecified atom stereocenters. The van der Waals surface area contributed by atoms with Gasteiger partial charge < -0.3 is 9.84 Å². The van der Waals surface area contributed by atoms with Gasteiger partial charge in [-0.15, -0.1) is 0 Å². The first-order valence-electron chi connectivity index (χ1n) is 3.66. The van der Waals surface area contributed by atoms with E-state index >= 15 is 0 Å². The third-order valence-corrected chi connectivity index (χ3v) is 1.86. The van der Waals surface area contributed by atoms with E-state index in [0.29, 0.717) is 5.56 Å². The molecule has 0 fully saturated rings. The van der Waals surface area contributed by atoms with E-state index in [1.165, 1.54) is 19.2 Å². The molecule has 0 aliphatic carbocycles. The third-order valence-electron chi connectivity index (χ3n) is 1.54. The standard InChI is InChI=1S/C9H9ClO3/c1-13-5-9(12)6-2-3-7(10)8(11)4-6/h2-4,11H,5H2,1H3. The lowest BCUT2D eigenvalue weighted by Gasteiger charge is -2.01. The molecule has 70 valence electrons. The second-order valence-electron chi connectivity index (χ2n) is 2.52. The van der Waals surface area contributed by atoms with Crippen molar-refractivity contribution in [2.75, 3.05) is 13.7 Å². The number of methoxy groups -OCH3 is 1. The Labute approximate surface area is 80.9 Å². The number of ether oxygens (including phenoxy) is 1. The van der Waals surface area contributed by atoms with Gasteiger partial charge in [0.1, 0.15) is 12.4 Å². The predicted octanol–water partition coefficient (Wildman–Crippen LogP) is 1.87. The van der Waals surface area contributed by atoms with Crippen LogP contribution in [0.5, 0.6) is 5.75 Å². The molecule has 0 saturated heterocycles. The van der Waals surface area contributed by atoms with Crippen molar-refractivity contribution in [3.63, 3.8) is 0 Å². The summed E-state index contributed by atoms with van der Waals surface area (Å²) < 4.78 is 4.66. The summed E-state index contributed by atoms with van der Waals surface area (Å²) in [4.78, 5) is 11.2. The molecule has 1 aromatic carbocycles. The van der Waals surface area contributed by atoms with Crippen LogP contribution >= 0.6 is 11.6 Å². The fourth-order valence-corrected chi connectivity index (χ4v) is 1.02. The Morgan fingerprint density at radius 2 is 2.31 bits per heavy atom. The Morgan fingerprint density at radius 1 is 1.62 bits per heavy atom. The van der Waals surface area contributed by atoms with Crippen molar-refractivity contribution < 1.29 is 14.6 Å². The van der Waals surface area contributed by atoms with Crippen molar-refractivity contribution in [1.29, 1.82) is 0 Å². The van der Waals surface area contributed by atoms with Crippen LogP contribution in [0.25, 0.3) is 0 Å². The van der Waals surface area contributed by atoms with Crippen molar-refractivity contribution in [2.24, 2.45) is 0 Å². The van der Waals surface area contributed by atoms with Crippen LogP contribution in [0.1, 0.15) is 10.4 Å². The number of ketones is 1. The number of phenolic OH excluding ortho intramolecular Hbond substituents is 1. The molecule has 0 atom stereocenters. The predicted molar refractivity (Wildman–Crippen MR) is 49.3 cm³/mol. The average Bonchev–Trinajstić information content (AvgIpc) is 2.10. The lowest BCUT2D eigenvalue weighted by atomic mass is 10.1. The molecular formula is C9H9ClO3. The van der Waals surface area contributed by atoms with Crippen molar-refractivity contribution in [1.82, 2.24) is 0 Å². The van der Waals surface area contributed by atoms with Gasteiger partial charge in [-0.05, 0) is 18.2 Å². The molecular weight excluding hydrogens is 192 g/mol. The lowest BCUT2D eigenvalue weighted by Crippen LogP contribution is -2.06. The molecule has 4 heteroatoms. The second-order valence-corrected chi connectivity index (χ2v) is 2.93. The molecule has 0 saturated carbocycles. The number of rotatable bonds is 3. The minimum absolute atomic E-state index is 0.00106. The van der Waals surface area contributed by atoms with Gasteiger partial charge in [-0.1, -0.05) is 11.6 Å². The van der Waals surface area contributed by atoms with Crippen molar-refractivity contribution >= 4 is 17.4 Å². The first-order valence-corrected chi connectivity index (χ1v) is 4.03. The van der Waals surface area contributed by atoms with Crippen LogP contribution in [0.15, 0.2) is 18.2 Å². The highest BCUT2D eigenvalue weighted by atomic mass is 35.5. The van der Waals surface area contributed by atoms with Crippen LogP contribution < -0.4 is 0 Å². The quantitative estimate of drug-likeness (QED) is 0.758. The molecule has 0 radical (unpaired) electrons. The topological polar surface area (TPSA) is 46.5 Å². The summed E-state index contributed by atoms with van der Waals surface area (Å²) in [5, 5.41) is 9.42. The smallest absolute Gasteiger partial charge is 0.188 e. The Bertz CT molecular complexity index is 323. The molecule has 0 aliphatic rings. The monoisotopic (exact) mass is 200 g/mol. The highest BCUT2D eigenvalue weighted by Gasteiger charge is 2.07. The summed E-state index contributed by atoms with van der Waals surface area (Å²) in [5.74, 6) is -0.280. The van der Waals surface area contributed by atoms with Gasteiger partial charge in [-0.25, -0.2) is 0 Å². The van der Waals surface area contributed by atoms with E-state index in [-0.39, 0.29) is 23.2 Å². The van der Waals surface area contributed by atoms with Crippen molar-refractivity contribution in [2.45, 2.75) is 0 Å². The van der Waals surface area contributed by atoms with E-state index < -0.39 is 0 Å². The number of halogens is 1. The number of hydrogen-bond acceptors (Lipinski definition) is 3. The Kier molecular flexibility index (Phi) is 3.28. The SMILES string of the molecule is COCC(=O)c1ccc(Cl)c(O)c1. The van der Waals surface area contributed by atoms with Crippen LogP contribution in [-0.2, 0) is 4.74 Å². The maximum Gasteiger partial charge on any atom is 0.188 e. The lowest BCUT2D eigenvalue weighted by molar-refractivity contribution is 0.0847. The molecule has 1 aromatic rings. The van der Waals surface area contributed by atoms with Crippen molar-refractivity contribution in [3.8, 4) is 5.75 Å². The van der Waals surface area contributed by atoms with Gasteiger partial charge in [-0.3, -0.25) is 4.79 Å². The molecule has 0 aliphatic heterocycles. The number of carbonyl (C=O) groups is 1. The zero-order valence-electron chi connectivity index (χ0n) is 7.08. The average molecular weight is 201 g/mol. The van der Waals surface area contributed by atoms with Gasteiger partial charge in [0.15, 0.2) is 5.78 Å². The first kappa shape index (κ1) is 10.0. The van der Waals surface area contributed by atoms with Gasteiger partial charge in [0, 0.05) is 12.7 Å². The van der Waals surface area contributed by atoms with Crippen LogP contribution in [0.2, 0.25) is 5.02 Å². The van der Waals surface area contributed by atoms with Crippen LogP contribution in [0, 0.1) is 0 Å². The van der Waals surface area contributed by atoms with Gasteiger partial charge in [0.05, 0.1) is 5.02 Å². The van der Waals surface area contributed by atoms with E-state index in [1.807, 2.05) is 0 Å². The van der Waals surface area contributed by atoms with E-state index in [1.54, 1.807) is 6.07 Å². The van der Waals surface area contributed by atoms with E-state index in [2.05, 4.69) is 4.74 Å². The van der Waals surface area contributed by atoms with Crippen molar-refractivity contribution in [3.05, 3.63) is 28.8 Å². The molecule has 3 nitrogen and oxygen atoms in total. The summed E-state index contributed by atoms with van der Waals surface area (Å²) >= 11 is 5.57. The Hall–Kier alpha value is -1.06. The van der Waals surface area contributed by atoms with Gasteiger partial charge >= 0.3 is 0 Å². The number of Topliss-reactive ketones (excluding diaryl/α,β-unsaturated/α-hetero) is 1. The molecule has 0 aromatic heterocycles. The highest BCUT2D eigenvalue weighted by Crippen LogP contribution is 2.23. The molecule has 0 amide bonds. The normalized spacial score (nSPS) is 10.0. The largest absolute Gasteiger partial charge is 0.506 e. The first-order chi connectivity index (χ1) is 6.15. The van der Waals surface area contributed by atoms with Gasteiger partial charge in [-0.2, -0.15) is 0 Å². The van der Waals surface area contributed by atoms with Crippen LogP contribution in [0.4, 0.5) is 0 Å². The number of phenols is 1. The molecule has 0 spiro atoms. The number of benzene rings is 1. The molecule has 1 rings (SSSR count). The second kappa shape index (κ2) is 4.25. The summed E-state index contributed by atoms with van der Waals surface area (Å²) in [6, 6.07) is 4.34. The molecule has 1 N–H and O–H groups in total. The minimum Gasteiger partial charge on any atom is -0.506 e. The van der Waals surface area contributed by atoms with E-state index in [4.69, 9.17) is 11.6 Å². The van der Waals surface area contributed by atoms with Crippen LogP contribution in [-0.4, -0.2) is 24.6 Å². The fraction of sp³-hybridized carbons (Fsp3) is 0.222. The Morgan fingerprint density at radius 3 is 2.85 bits per heavy atom. The zero-order valence-corrected chi connectivity index (χ0v) is 7.84. The minimum atomic E-state index is -0.186. The molecule has 0 heterocycles. The zero-order chi connectivity index (χ0) is 9.84. The fourth-order valence-electron chi connectivity index (χ4n) is 0.901. The number of hydrogen-bond donors (Lipinski definition) is 1. The highest BCUT2D eigenvalue weighted by molar-refractivity contribution is 6.32. The molecule has 0 bridgehead atoms. The molecule has 13 heavy (non-hydrogen) atoms. The van der Waals surface area contributed by atoms with E-state index in [9.17, 15) is 9.90 Å². The Balaban J connectivity index is 2.90. The summed E-state index contributed by atoms with van der Waals surface area (Å²) in [6.07, 6.45) is 0. The third kappa shape index (κ3) is 2.44. The number of carbonyl (C=O) groups excluding carboxylic acids is 1. The maximum absolute atomic E-state index is 11.2. The van der Waals surface area contributed by atoms with Gasteiger partial charge in [0.25, 0.3) is 0 Å². The van der Waals surface area contributed by atoms with Crippen LogP contribution in [0.3, 0.4) is 0 Å². The maximum atomic E-state index is 11.2. The summed E-state index contributed by atoms with van der Waals surface area (Å²) in [6.45, 7) is 0.00106. The number of aromatic hydroxyl groups is 1. The van der Waals surface area contributed by atoms with E-state index in [0.717, 1.165) is 0 Å².